The molecule has 4 aromatic heterocycles. The number of nitrogens with one attached hydrogen (secondary N) is 1. The molecular weight excluding hydrogens is 438 g/mol. The number of nitrogen functional groups attached to an aromatic ring is 1. The molecule has 0 unspecified atom stereocenters. The van der Waals surface area contributed by atoms with Crippen molar-refractivity contribution >= 4 is 28.6 Å². The van der Waals surface area contributed by atoms with E-state index < -0.39 is 0 Å². The van der Waals surface area contributed by atoms with E-state index >= 15 is 0 Å². The van der Waals surface area contributed by atoms with E-state index in [2.05, 4.69) is 25.4 Å². The van der Waals surface area contributed by atoms with Gasteiger partial charge in [-0.05, 0) is 49.2 Å². The molecule has 1 amide bonds. The molecule has 180 valence electrons. The van der Waals surface area contributed by atoms with E-state index in [4.69, 9.17) is 5.73 Å². The van der Waals surface area contributed by atoms with E-state index in [1.807, 2.05) is 38.3 Å². The second-order valence-corrected chi connectivity index (χ2v) is 8.55. The first-order chi connectivity index (χ1) is 17.1. The third kappa shape index (κ3) is 5.90. The van der Waals surface area contributed by atoms with Gasteiger partial charge in [-0.3, -0.25) is 9.78 Å². The lowest BCUT2D eigenvalue weighted by atomic mass is 9.98. The highest BCUT2D eigenvalue weighted by Crippen LogP contribution is 2.27. The standard InChI is InChI=1S/C21H19N7O.C6H12/c1-3-16(17-11-24-21(22)26-13(17)2)14-6-8-28-19(9-14)18(12-25-28)20(29)27-15-5-4-7-23-10-15;1-2-4-6-5-3-1/h3-12H,1-2H3,(H,27,29)(H2,22,24,26);1-6H2/b16-3-;. The van der Waals surface area contributed by atoms with Gasteiger partial charge in [0.2, 0.25) is 5.95 Å². The van der Waals surface area contributed by atoms with Gasteiger partial charge in [-0.15, -0.1) is 0 Å². The average molecular weight is 470 g/mol. The van der Waals surface area contributed by atoms with Crippen molar-refractivity contribution in [1.82, 2.24) is 24.6 Å². The molecular formula is C27H31N7O. The lowest BCUT2D eigenvalue weighted by Gasteiger charge is -2.11. The molecule has 0 spiro atoms. The minimum atomic E-state index is -0.251. The zero-order valence-corrected chi connectivity index (χ0v) is 20.2. The molecule has 1 aliphatic rings. The molecule has 35 heavy (non-hydrogen) atoms. The van der Waals surface area contributed by atoms with Gasteiger partial charge in [0.15, 0.2) is 0 Å². The SMILES string of the molecule is C/C=C(/c1ccn2ncc(C(=O)Nc3cccnc3)c2c1)c1cnc(N)nc1C.C1CCCCC1. The van der Waals surface area contributed by atoms with Gasteiger partial charge in [-0.25, -0.2) is 14.5 Å². The summed E-state index contributed by atoms with van der Waals surface area (Å²) in [6.45, 7) is 3.84. The van der Waals surface area contributed by atoms with Crippen LogP contribution in [0, 0.1) is 6.92 Å². The number of hydrogen-bond acceptors (Lipinski definition) is 6. The number of anilines is 2. The molecule has 3 N–H and O–H groups in total. The summed E-state index contributed by atoms with van der Waals surface area (Å²) >= 11 is 0. The number of nitrogens with zero attached hydrogens (tertiary/aromatic N) is 5. The fourth-order valence-corrected chi connectivity index (χ4v) is 4.25. The fourth-order valence-electron chi connectivity index (χ4n) is 4.25. The second-order valence-electron chi connectivity index (χ2n) is 8.55. The molecule has 1 saturated carbocycles. The first kappa shape index (κ1) is 24.1. The molecule has 0 atom stereocenters. The van der Waals surface area contributed by atoms with Crippen LogP contribution in [0.1, 0.15) is 72.6 Å². The highest BCUT2D eigenvalue weighted by atomic mass is 16.1. The van der Waals surface area contributed by atoms with E-state index in [9.17, 15) is 4.79 Å². The van der Waals surface area contributed by atoms with Crippen LogP contribution in [0.15, 0.2) is 61.3 Å². The number of carbonyl (C=O) groups excluding carboxylic acids is 1. The largest absolute Gasteiger partial charge is 0.368 e. The van der Waals surface area contributed by atoms with Crippen molar-refractivity contribution in [2.75, 3.05) is 11.1 Å². The number of amides is 1. The number of allylic oxidation sites excluding steroid dienone is 1. The van der Waals surface area contributed by atoms with Crippen LogP contribution in [0.3, 0.4) is 0 Å². The van der Waals surface area contributed by atoms with Crippen LogP contribution in [0.25, 0.3) is 11.1 Å². The summed E-state index contributed by atoms with van der Waals surface area (Å²) in [6.07, 6.45) is 19.3. The first-order valence-electron chi connectivity index (χ1n) is 12.0. The molecule has 1 fully saturated rings. The first-order valence-corrected chi connectivity index (χ1v) is 12.0. The summed E-state index contributed by atoms with van der Waals surface area (Å²) < 4.78 is 1.67. The van der Waals surface area contributed by atoms with Crippen LogP contribution in [-0.2, 0) is 0 Å². The summed E-state index contributed by atoms with van der Waals surface area (Å²) in [6, 6.07) is 7.41. The van der Waals surface area contributed by atoms with E-state index in [-0.39, 0.29) is 11.9 Å². The zero-order chi connectivity index (χ0) is 24.6. The van der Waals surface area contributed by atoms with Crippen molar-refractivity contribution in [2.45, 2.75) is 52.4 Å². The molecule has 8 heteroatoms. The van der Waals surface area contributed by atoms with Crippen LogP contribution in [0.2, 0.25) is 0 Å². The highest BCUT2D eigenvalue weighted by molar-refractivity contribution is 6.09. The van der Waals surface area contributed by atoms with Crippen molar-refractivity contribution in [3.8, 4) is 0 Å². The maximum absolute atomic E-state index is 12.8. The number of aromatic nitrogens is 5. The summed E-state index contributed by atoms with van der Waals surface area (Å²) in [7, 11) is 0. The molecule has 4 aromatic rings. The lowest BCUT2D eigenvalue weighted by molar-refractivity contribution is 0.102. The zero-order valence-electron chi connectivity index (χ0n) is 20.2. The third-order valence-corrected chi connectivity index (χ3v) is 6.07. The van der Waals surface area contributed by atoms with E-state index in [1.165, 1.54) is 38.5 Å². The number of carbonyl (C=O) groups is 1. The quantitative estimate of drug-likeness (QED) is 0.411. The summed E-state index contributed by atoms with van der Waals surface area (Å²) in [5, 5.41) is 7.13. The Morgan fingerprint density at radius 3 is 2.43 bits per heavy atom. The fraction of sp³-hybridized carbons (Fsp3) is 0.296. The van der Waals surface area contributed by atoms with E-state index in [0.717, 1.165) is 22.4 Å². The molecule has 0 saturated heterocycles. The minimum absolute atomic E-state index is 0.238. The second kappa shape index (κ2) is 11.4. The monoisotopic (exact) mass is 469 g/mol. The van der Waals surface area contributed by atoms with Gasteiger partial charge in [0.25, 0.3) is 5.91 Å². The number of pyridine rings is 2. The maximum atomic E-state index is 12.8. The summed E-state index contributed by atoms with van der Waals surface area (Å²) in [4.78, 5) is 25.1. The van der Waals surface area contributed by atoms with Gasteiger partial charge < -0.3 is 11.1 Å². The molecule has 4 heterocycles. The van der Waals surface area contributed by atoms with Crippen LogP contribution in [0.5, 0.6) is 0 Å². The number of fused-ring (bicyclic) bond motifs is 1. The van der Waals surface area contributed by atoms with Crippen molar-refractivity contribution in [1.29, 1.82) is 0 Å². The van der Waals surface area contributed by atoms with Gasteiger partial charge in [0, 0.05) is 24.2 Å². The Kier molecular flexibility index (Phi) is 7.82. The Bertz CT molecular complexity index is 1310. The Morgan fingerprint density at radius 2 is 1.80 bits per heavy atom. The van der Waals surface area contributed by atoms with Gasteiger partial charge >= 0.3 is 0 Å². The minimum Gasteiger partial charge on any atom is -0.368 e. The maximum Gasteiger partial charge on any atom is 0.259 e. The summed E-state index contributed by atoms with van der Waals surface area (Å²) in [5.41, 5.74) is 11.0. The van der Waals surface area contributed by atoms with Crippen molar-refractivity contribution < 1.29 is 4.79 Å². The Balaban J connectivity index is 0.000000421. The molecule has 0 radical (unpaired) electrons. The van der Waals surface area contributed by atoms with Crippen molar-refractivity contribution in [2.24, 2.45) is 0 Å². The Morgan fingerprint density at radius 1 is 1.06 bits per heavy atom. The third-order valence-electron chi connectivity index (χ3n) is 6.07. The average Bonchev–Trinajstić information content (AvgIpc) is 3.31. The Hall–Kier alpha value is -4.07. The van der Waals surface area contributed by atoms with Gasteiger partial charge in [0.05, 0.1) is 34.9 Å². The molecule has 0 bridgehead atoms. The molecule has 8 nitrogen and oxygen atoms in total. The topological polar surface area (TPSA) is 111 Å². The number of rotatable bonds is 4. The van der Waals surface area contributed by atoms with Gasteiger partial charge in [0.1, 0.15) is 0 Å². The molecule has 0 aliphatic heterocycles. The summed E-state index contributed by atoms with van der Waals surface area (Å²) in [5.74, 6) is -0.0125. The smallest absolute Gasteiger partial charge is 0.259 e. The molecule has 1 aliphatic carbocycles. The van der Waals surface area contributed by atoms with Crippen molar-refractivity contribution in [3.05, 3.63) is 83.7 Å². The van der Waals surface area contributed by atoms with Crippen LogP contribution < -0.4 is 11.1 Å². The van der Waals surface area contributed by atoms with Crippen molar-refractivity contribution in [3.63, 3.8) is 0 Å². The van der Waals surface area contributed by atoms with Gasteiger partial charge in [-0.2, -0.15) is 5.10 Å². The number of hydrogen-bond donors (Lipinski definition) is 2. The number of nitrogens with two attached hydrogens (primary N) is 1. The molecule has 5 rings (SSSR count). The lowest BCUT2D eigenvalue weighted by Crippen LogP contribution is -2.11. The predicted molar refractivity (Wildman–Crippen MR) is 139 cm³/mol. The van der Waals surface area contributed by atoms with Crippen LogP contribution >= 0.6 is 0 Å². The highest BCUT2D eigenvalue weighted by Gasteiger charge is 2.16. The van der Waals surface area contributed by atoms with Gasteiger partial charge in [-0.1, -0.05) is 44.6 Å². The Labute approximate surface area is 205 Å². The van der Waals surface area contributed by atoms with Crippen LogP contribution in [0.4, 0.5) is 11.6 Å². The molecule has 0 aromatic carbocycles. The van der Waals surface area contributed by atoms with E-state index in [1.54, 1.807) is 41.4 Å². The number of aryl methyl sites for hydroxylation is 1. The predicted octanol–water partition coefficient (Wildman–Crippen LogP) is 5.45. The normalized spacial score (nSPS) is 13.7. The van der Waals surface area contributed by atoms with E-state index in [0.29, 0.717) is 16.8 Å². The van der Waals surface area contributed by atoms with Crippen LogP contribution in [-0.4, -0.2) is 30.5 Å².